The Labute approximate surface area is 136 Å². The zero-order valence-corrected chi connectivity index (χ0v) is 13.2. The van der Waals surface area contributed by atoms with Gasteiger partial charge in [0.2, 0.25) is 0 Å². The second-order valence-corrected chi connectivity index (χ2v) is 7.85. The number of alkyl halides is 4. The minimum Gasteiger partial charge on any atom is -0.428 e. The smallest absolute Gasteiger partial charge is 0.428 e. The van der Waals surface area contributed by atoms with Crippen LogP contribution in [0.3, 0.4) is 0 Å². The van der Waals surface area contributed by atoms with Crippen LogP contribution in [0, 0.1) is 0 Å². The van der Waals surface area contributed by atoms with Crippen molar-refractivity contribution in [1.29, 1.82) is 0 Å². The lowest BCUT2D eigenvalue weighted by Gasteiger charge is -2.44. The largest absolute Gasteiger partial charge is 0.461 e. The van der Waals surface area contributed by atoms with Crippen molar-refractivity contribution >= 4 is 11.8 Å². The molecule has 0 aliphatic carbocycles. The van der Waals surface area contributed by atoms with Crippen LogP contribution in [0.25, 0.3) is 0 Å². The zero-order chi connectivity index (χ0) is 16.7. The molecular formula is C16H18F4O2S. The molecule has 0 amide bonds. The molecule has 2 aliphatic heterocycles. The Hall–Kier alpha value is -0.950. The Kier molecular flexibility index (Phi) is 4.53. The highest BCUT2D eigenvalue weighted by Crippen LogP contribution is 2.49. The molecule has 128 valence electrons. The molecule has 2 fully saturated rings. The van der Waals surface area contributed by atoms with Gasteiger partial charge < -0.3 is 9.84 Å². The molecule has 1 N–H and O–H groups in total. The Morgan fingerprint density at radius 3 is 2.48 bits per heavy atom. The Morgan fingerprint density at radius 2 is 1.87 bits per heavy atom. The fourth-order valence-electron chi connectivity index (χ4n) is 3.40. The van der Waals surface area contributed by atoms with Gasteiger partial charge in [0.1, 0.15) is 5.75 Å². The summed E-state index contributed by atoms with van der Waals surface area (Å²) in [5.74, 6) is -0.357. The number of aliphatic hydroxyl groups is 1. The number of hydrogen-bond donors (Lipinski definition) is 1. The summed E-state index contributed by atoms with van der Waals surface area (Å²) in [6.07, 6.45) is -4.15. The van der Waals surface area contributed by atoms with Crippen molar-refractivity contribution in [3.63, 3.8) is 0 Å². The average molecular weight is 350 g/mol. The van der Waals surface area contributed by atoms with E-state index in [4.69, 9.17) is 0 Å². The van der Waals surface area contributed by atoms with E-state index in [1.165, 1.54) is 18.2 Å². The fraction of sp³-hybridized carbons (Fsp3) is 0.625. The van der Waals surface area contributed by atoms with E-state index in [9.17, 15) is 22.7 Å². The van der Waals surface area contributed by atoms with Crippen molar-refractivity contribution in [2.24, 2.45) is 0 Å². The van der Waals surface area contributed by atoms with Crippen molar-refractivity contribution in [3.05, 3.63) is 29.8 Å². The van der Waals surface area contributed by atoms with Gasteiger partial charge in [-0.25, -0.2) is 0 Å². The van der Waals surface area contributed by atoms with Crippen molar-refractivity contribution in [2.45, 2.75) is 60.7 Å². The van der Waals surface area contributed by atoms with Crippen molar-refractivity contribution < 1.29 is 27.4 Å². The molecule has 2 nitrogen and oxygen atoms in total. The maximum Gasteiger partial charge on any atom is 0.461 e. The van der Waals surface area contributed by atoms with Crippen LogP contribution < -0.4 is 4.74 Å². The van der Waals surface area contributed by atoms with Crippen LogP contribution in [0.15, 0.2) is 24.3 Å². The molecule has 2 bridgehead atoms. The van der Waals surface area contributed by atoms with Crippen molar-refractivity contribution in [1.82, 2.24) is 0 Å². The lowest BCUT2D eigenvalue weighted by Crippen LogP contribution is -2.40. The molecular weight excluding hydrogens is 332 g/mol. The molecule has 2 aliphatic rings. The second-order valence-electron chi connectivity index (χ2n) is 6.24. The number of thioether (sulfide) groups is 1. The van der Waals surface area contributed by atoms with E-state index in [0.717, 1.165) is 19.3 Å². The maximum atomic E-state index is 13.1. The SMILES string of the molecule is OC1(c2cccc(OC(F)(F)C(F)F)c2)CC2CCCC(C1)S2. The molecule has 2 saturated heterocycles. The van der Waals surface area contributed by atoms with Crippen LogP contribution in [0.2, 0.25) is 0 Å². The fourth-order valence-corrected chi connectivity index (χ4v) is 5.30. The average Bonchev–Trinajstić information content (AvgIpc) is 2.46. The van der Waals surface area contributed by atoms with Crippen LogP contribution in [-0.4, -0.2) is 28.1 Å². The van der Waals surface area contributed by atoms with Gasteiger partial charge >= 0.3 is 12.5 Å². The van der Waals surface area contributed by atoms with Gasteiger partial charge in [-0.2, -0.15) is 29.3 Å². The highest BCUT2D eigenvalue weighted by Gasteiger charge is 2.45. The van der Waals surface area contributed by atoms with Gasteiger partial charge in [-0.1, -0.05) is 18.6 Å². The summed E-state index contributed by atoms with van der Waals surface area (Å²) in [4.78, 5) is 0. The number of fused-ring (bicyclic) bond motifs is 2. The number of hydrogen-bond acceptors (Lipinski definition) is 3. The molecule has 1 aromatic carbocycles. The summed E-state index contributed by atoms with van der Waals surface area (Å²) in [5.41, 5.74) is -0.655. The van der Waals surface area contributed by atoms with Crippen molar-refractivity contribution in [3.8, 4) is 5.75 Å². The quantitative estimate of drug-likeness (QED) is 0.808. The number of halogens is 4. The molecule has 2 atom stereocenters. The van der Waals surface area contributed by atoms with E-state index in [0.29, 0.717) is 28.9 Å². The third-order valence-corrected chi connectivity index (χ3v) is 6.02. The molecule has 0 aromatic heterocycles. The normalized spacial score (nSPS) is 31.2. The first-order valence-corrected chi connectivity index (χ1v) is 8.56. The van der Waals surface area contributed by atoms with Gasteiger partial charge in [-0.3, -0.25) is 0 Å². The number of rotatable bonds is 4. The number of benzene rings is 1. The molecule has 0 saturated carbocycles. The van der Waals surface area contributed by atoms with Gasteiger partial charge in [0.25, 0.3) is 0 Å². The Balaban J connectivity index is 1.82. The predicted molar refractivity (Wildman–Crippen MR) is 80.2 cm³/mol. The van der Waals surface area contributed by atoms with E-state index >= 15 is 0 Å². The van der Waals surface area contributed by atoms with Crippen LogP contribution >= 0.6 is 11.8 Å². The van der Waals surface area contributed by atoms with Crippen LogP contribution in [-0.2, 0) is 5.60 Å². The lowest BCUT2D eigenvalue weighted by atomic mass is 9.80. The first kappa shape index (κ1) is 16.9. The Morgan fingerprint density at radius 1 is 1.22 bits per heavy atom. The third-order valence-electron chi connectivity index (χ3n) is 4.45. The monoisotopic (exact) mass is 350 g/mol. The summed E-state index contributed by atoms with van der Waals surface area (Å²) >= 11 is 1.88. The summed E-state index contributed by atoms with van der Waals surface area (Å²) in [6, 6.07) is 5.53. The van der Waals surface area contributed by atoms with E-state index in [-0.39, 0.29) is 5.75 Å². The first-order valence-electron chi connectivity index (χ1n) is 7.62. The minimum absolute atomic E-state index is 0.347. The molecule has 2 unspecified atom stereocenters. The molecule has 0 spiro atoms. The lowest BCUT2D eigenvalue weighted by molar-refractivity contribution is -0.253. The van der Waals surface area contributed by atoms with Gasteiger partial charge in [0.05, 0.1) is 5.60 Å². The predicted octanol–water partition coefficient (Wildman–Crippen LogP) is 4.56. The molecule has 2 heterocycles. The van der Waals surface area contributed by atoms with Crippen LogP contribution in [0.1, 0.15) is 37.7 Å². The highest BCUT2D eigenvalue weighted by molar-refractivity contribution is 8.00. The summed E-state index contributed by atoms with van der Waals surface area (Å²) in [7, 11) is 0. The zero-order valence-electron chi connectivity index (χ0n) is 12.4. The maximum absolute atomic E-state index is 13.1. The van der Waals surface area contributed by atoms with Gasteiger partial charge in [-0.05, 0) is 43.4 Å². The molecule has 7 heteroatoms. The van der Waals surface area contributed by atoms with E-state index in [2.05, 4.69) is 4.74 Å². The summed E-state index contributed by atoms with van der Waals surface area (Å²) < 4.78 is 54.8. The van der Waals surface area contributed by atoms with E-state index in [1.807, 2.05) is 11.8 Å². The number of ether oxygens (including phenoxy) is 1. The Bertz CT molecular complexity index is 555. The first-order chi connectivity index (χ1) is 10.8. The van der Waals surface area contributed by atoms with Crippen molar-refractivity contribution in [2.75, 3.05) is 0 Å². The topological polar surface area (TPSA) is 29.5 Å². The molecule has 3 rings (SSSR count). The van der Waals surface area contributed by atoms with Gasteiger partial charge in [-0.15, -0.1) is 0 Å². The minimum atomic E-state index is -4.54. The second kappa shape index (κ2) is 6.16. The van der Waals surface area contributed by atoms with Crippen LogP contribution in [0.5, 0.6) is 5.75 Å². The summed E-state index contributed by atoms with van der Waals surface area (Å²) in [5, 5.41) is 11.7. The van der Waals surface area contributed by atoms with Gasteiger partial charge in [0, 0.05) is 10.5 Å². The van der Waals surface area contributed by atoms with E-state index in [1.54, 1.807) is 6.07 Å². The third kappa shape index (κ3) is 3.60. The summed E-state index contributed by atoms with van der Waals surface area (Å²) in [6.45, 7) is 0. The van der Waals surface area contributed by atoms with Gasteiger partial charge in [0.15, 0.2) is 0 Å². The molecule has 1 aromatic rings. The standard InChI is InChI=1S/C16H18F4O2S/c17-14(18)16(19,20)22-11-4-1-3-10(7-11)15(21)8-12-5-2-6-13(9-15)23-12/h1,3-4,7,12-14,21H,2,5-6,8-9H2. The van der Waals surface area contributed by atoms with Crippen LogP contribution in [0.4, 0.5) is 17.6 Å². The molecule has 23 heavy (non-hydrogen) atoms. The highest BCUT2D eigenvalue weighted by atomic mass is 32.2. The van der Waals surface area contributed by atoms with E-state index < -0.39 is 18.1 Å². The molecule has 0 radical (unpaired) electrons.